The molecule has 0 unspecified atom stereocenters. The summed E-state index contributed by atoms with van der Waals surface area (Å²) in [7, 11) is 1.61. The highest BCUT2D eigenvalue weighted by atomic mass is 16.5. The van der Waals surface area contributed by atoms with Crippen molar-refractivity contribution in [3.63, 3.8) is 0 Å². The minimum Gasteiger partial charge on any atom is -0.475 e. The number of amides is 2. The van der Waals surface area contributed by atoms with Crippen molar-refractivity contribution in [1.82, 2.24) is 15.3 Å². The summed E-state index contributed by atoms with van der Waals surface area (Å²) < 4.78 is 10.3. The quantitative estimate of drug-likeness (QED) is 0.639. The maximum Gasteiger partial charge on any atom is 0.319 e. The van der Waals surface area contributed by atoms with Crippen molar-refractivity contribution in [1.29, 1.82) is 0 Å². The zero-order valence-corrected chi connectivity index (χ0v) is 14.4. The lowest BCUT2D eigenvalue weighted by Crippen LogP contribution is -2.28. The average Bonchev–Trinajstić information content (AvgIpc) is 2.68. The molecular formula is C19H20N4O3. The Morgan fingerprint density at radius 1 is 1.08 bits per heavy atom. The molecule has 0 radical (unpaired) electrons. The summed E-state index contributed by atoms with van der Waals surface area (Å²) in [5.41, 5.74) is 1.39. The first kappa shape index (κ1) is 17.6. The van der Waals surface area contributed by atoms with E-state index in [4.69, 9.17) is 9.47 Å². The maximum absolute atomic E-state index is 12.1. The van der Waals surface area contributed by atoms with Gasteiger partial charge in [-0.1, -0.05) is 24.3 Å². The maximum atomic E-state index is 12.1. The van der Waals surface area contributed by atoms with Crippen molar-refractivity contribution in [2.45, 2.75) is 6.54 Å². The van der Waals surface area contributed by atoms with Gasteiger partial charge in [-0.05, 0) is 17.5 Å². The lowest BCUT2D eigenvalue weighted by Gasteiger charge is -2.09. The molecule has 0 bridgehead atoms. The summed E-state index contributed by atoms with van der Waals surface area (Å²) in [6, 6.07) is 13.0. The molecule has 2 N–H and O–H groups in total. The highest BCUT2D eigenvalue weighted by Gasteiger charge is 2.06. The third kappa shape index (κ3) is 4.67. The van der Waals surface area contributed by atoms with Crippen LogP contribution in [0, 0.1) is 0 Å². The SMILES string of the molecule is COCCOc1ccc(NC(=O)NCc2nccc3ccccc23)cn1. The highest BCUT2D eigenvalue weighted by molar-refractivity contribution is 5.89. The fourth-order valence-corrected chi connectivity index (χ4v) is 2.43. The van der Waals surface area contributed by atoms with Gasteiger partial charge < -0.3 is 20.1 Å². The molecule has 2 amide bonds. The summed E-state index contributed by atoms with van der Waals surface area (Å²) >= 11 is 0. The van der Waals surface area contributed by atoms with E-state index in [1.807, 2.05) is 30.3 Å². The molecule has 3 aromatic rings. The monoisotopic (exact) mass is 352 g/mol. The van der Waals surface area contributed by atoms with Crippen LogP contribution >= 0.6 is 0 Å². The number of nitrogens with one attached hydrogen (secondary N) is 2. The Bertz CT molecular complexity index is 863. The number of hydrogen-bond acceptors (Lipinski definition) is 5. The summed E-state index contributed by atoms with van der Waals surface area (Å²) in [4.78, 5) is 20.6. The predicted octanol–water partition coefficient (Wildman–Crippen LogP) is 2.98. The third-order valence-electron chi connectivity index (χ3n) is 3.70. The van der Waals surface area contributed by atoms with Gasteiger partial charge in [0.25, 0.3) is 0 Å². The summed E-state index contributed by atoms with van der Waals surface area (Å²) in [6.45, 7) is 1.25. The van der Waals surface area contributed by atoms with E-state index in [0.717, 1.165) is 16.5 Å². The van der Waals surface area contributed by atoms with E-state index in [2.05, 4.69) is 20.6 Å². The first-order valence-electron chi connectivity index (χ1n) is 8.21. The van der Waals surface area contributed by atoms with Gasteiger partial charge in [0.1, 0.15) is 6.61 Å². The largest absolute Gasteiger partial charge is 0.475 e. The second kappa shape index (κ2) is 8.77. The minimum atomic E-state index is -0.324. The van der Waals surface area contributed by atoms with Crippen LogP contribution in [0.15, 0.2) is 54.9 Å². The van der Waals surface area contributed by atoms with E-state index in [1.165, 1.54) is 6.20 Å². The van der Waals surface area contributed by atoms with Crippen LogP contribution in [0.3, 0.4) is 0 Å². The first-order chi connectivity index (χ1) is 12.8. The molecule has 0 saturated carbocycles. The molecule has 0 spiro atoms. The molecule has 1 aromatic carbocycles. The Morgan fingerprint density at radius 2 is 1.96 bits per heavy atom. The normalized spacial score (nSPS) is 10.5. The van der Waals surface area contributed by atoms with Gasteiger partial charge in [-0.15, -0.1) is 0 Å². The fourth-order valence-electron chi connectivity index (χ4n) is 2.43. The van der Waals surface area contributed by atoms with Crippen molar-refractivity contribution in [3.8, 4) is 5.88 Å². The smallest absolute Gasteiger partial charge is 0.319 e. The molecule has 3 rings (SSSR count). The Hall–Kier alpha value is -3.19. The Kier molecular flexibility index (Phi) is 5.95. The number of ether oxygens (including phenoxy) is 2. The number of benzene rings is 1. The van der Waals surface area contributed by atoms with Gasteiger partial charge in [0.05, 0.1) is 30.7 Å². The molecule has 0 aliphatic rings. The first-order valence-corrected chi connectivity index (χ1v) is 8.21. The number of aromatic nitrogens is 2. The molecule has 134 valence electrons. The Balaban J connectivity index is 1.54. The van der Waals surface area contributed by atoms with Crippen molar-refractivity contribution < 1.29 is 14.3 Å². The lowest BCUT2D eigenvalue weighted by molar-refractivity contribution is 0.144. The molecule has 7 heteroatoms. The molecule has 2 aromatic heterocycles. The summed E-state index contributed by atoms with van der Waals surface area (Å²) in [5, 5.41) is 7.66. The average molecular weight is 352 g/mol. The van der Waals surface area contributed by atoms with Crippen LogP contribution in [0.4, 0.5) is 10.5 Å². The van der Waals surface area contributed by atoms with Crippen LogP contribution in [0.25, 0.3) is 10.8 Å². The van der Waals surface area contributed by atoms with E-state index in [9.17, 15) is 4.79 Å². The van der Waals surface area contributed by atoms with Gasteiger partial charge in [-0.3, -0.25) is 4.98 Å². The van der Waals surface area contributed by atoms with Crippen LogP contribution in [0.2, 0.25) is 0 Å². The molecular weight excluding hydrogens is 332 g/mol. The zero-order valence-electron chi connectivity index (χ0n) is 14.4. The second-order valence-electron chi connectivity index (χ2n) is 5.51. The van der Waals surface area contributed by atoms with E-state index >= 15 is 0 Å². The van der Waals surface area contributed by atoms with Gasteiger partial charge >= 0.3 is 6.03 Å². The number of hydrogen-bond donors (Lipinski definition) is 2. The summed E-state index contributed by atoms with van der Waals surface area (Å²) in [5.74, 6) is 0.480. The molecule has 0 aliphatic carbocycles. The predicted molar refractivity (Wildman–Crippen MR) is 99.2 cm³/mol. The standard InChI is InChI=1S/C19H20N4O3/c1-25-10-11-26-18-7-6-15(12-21-18)23-19(24)22-13-17-16-5-3-2-4-14(16)8-9-20-17/h2-9,12H,10-11,13H2,1H3,(H2,22,23,24). The van der Waals surface area contributed by atoms with Gasteiger partial charge in [0.15, 0.2) is 0 Å². The third-order valence-corrected chi connectivity index (χ3v) is 3.70. The van der Waals surface area contributed by atoms with Crippen molar-refractivity contribution >= 4 is 22.5 Å². The molecule has 0 aliphatic heterocycles. The second-order valence-corrected chi connectivity index (χ2v) is 5.51. The number of rotatable bonds is 7. The molecule has 0 fully saturated rings. The zero-order chi connectivity index (χ0) is 18.2. The van der Waals surface area contributed by atoms with Crippen molar-refractivity contribution in [2.75, 3.05) is 25.6 Å². The number of pyridine rings is 2. The van der Waals surface area contributed by atoms with E-state index in [-0.39, 0.29) is 6.03 Å². The van der Waals surface area contributed by atoms with Crippen molar-refractivity contribution in [3.05, 3.63) is 60.6 Å². The number of methoxy groups -OCH3 is 1. The van der Waals surface area contributed by atoms with Crippen LogP contribution in [-0.4, -0.2) is 36.3 Å². The van der Waals surface area contributed by atoms with E-state index in [0.29, 0.717) is 31.3 Å². The number of nitrogens with zero attached hydrogens (tertiary/aromatic N) is 2. The van der Waals surface area contributed by atoms with Crippen LogP contribution in [0.1, 0.15) is 5.69 Å². The minimum absolute atomic E-state index is 0.324. The summed E-state index contributed by atoms with van der Waals surface area (Å²) in [6.07, 6.45) is 3.28. The number of carbonyl (C=O) groups excluding carboxylic acids is 1. The van der Waals surface area contributed by atoms with Gasteiger partial charge in [-0.2, -0.15) is 0 Å². The Labute approximate surface area is 151 Å². The van der Waals surface area contributed by atoms with Gasteiger partial charge in [0.2, 0.25) is 5.88 Å². The number of fused-ring (bicyclic) bond motifs is 1. The molecule has 26 heavy (non-hydrogen) atoms. The number of urea groups is 1. The Morgan fingerprint density at radius 3 is 2.77 bits per heavy atom. The van der Waals surface area contributed by atoms with Crippen LogP contribution in [0.5, 0.6) is 5.88 Å². The van der Waals surface area contributed by atoms with Crippen LogP contribution < -0.4 is 15.4 Å². The molecule has 0 atom stereocenters. The fraction of sp³-hybridized carbons (Fsp3) is 0.211. The number of anilines is 1. The van der Waals surface area contributed by atoms with Crippen molar-refractivity contribution in [2.24, 2.45) is 0 Å². The lowest BCUT2D eigenvalue weighted by atomic mass is 10.1. The highest BCUT2D eigenvalue weighted by Crippen LogP contribution is 2.16. The topological polar surface area (TPSA) is 85.4 Å². The van der Waals surface area contributed by atoms with E-state index in [1.54, 1.807) is 25.4 Å². The van der Waals surface area contributed by atoms with E-state index < -0.39 is 0 Å². The number of carbonyl (C=O) groups is 1. The molecule has 0 saturated heterocycles. The molecule has 2 heterocycles. The van der Waals surface area contributed by atoms with Crippen LogP contribution in [-0.2, 0) is 11.3 Å². The van der Waals surface area contributed by atoms with Gasteiger partial charge in [-0.25, -0.2) is 9.78 Å². The van der Waals surface area contributed by atoms with Gasteiger partial charge in [0, 0.05) is 24.8 Å². The molecule has 7 nitrogen and oxygen atoms in total.